The molecule has 0 N–H and O–H groups in total. The van der Waals surface area contributed by atoms with Crippen LogP contribution in [-0.2, 0) is 24.8 Å². The van der Waals surface area contributed by atoms with E-state index in [9.17, 15) is 4.79 Å². The molecule has 0 atom stereocenters. The average molecular weight is 292 g/mol. The van der Waals surface area contributed by atoms with E-state index in [1.165, 1.54) is 6.33 Å². The van der Waals surface area contributed by atoms with Crippen LogP contribution in [-0.4, -0.2) is 42.3 Å². The van der Waals surface area contributed by atoms with Crippen molar-refractivity contribution in [1.29, 1.82) is 0 Å². The van der Waals surface area contributed by atoms with Crippen molar-refractivity contribution in [3.8, 4) is 0 Å². The van der Waals surface area contributed by atoms with E-state index in [4.69, 9.17) is 4.74 Å². The molecular formula is C13H20N6O2. The van der Waals surface area contributed by atoms with Crippen LogP contribution in [0.25, 0.3) is 0 Å². The third-order valence-electron chi connectivity index (χ3n) is 3.00. The number of esters is 1. The second-order valence-corrected chi connectivity index (χ2v) is 5.16. The highest BCUT2D eigenvalue weighted by Gasteiger charge is 2.22. The molecule has 8 heteroatoms. The van der Waals surface area contributed by atoms with E-state index in [1.807, 2.05) is 7.05 Å². The van der Waals surface area contributed by atoms with Gasteiger partial charge in [-0.2, -0.15) is 5.10 Å². The van der Waals surface area contributed by atoms with Crippen LogP contribution in [0.5, 0.6) is 0 Å². The summed E-state index contributed by atoms with van der Waals surface area (Å²) in [6.07, 6.45) is 2.18. The van der Waals surface area contributed by atoms with Crippen LogP contribution in [0.4, 0.5) is 0 Å². The molecular weight excluding hydrogens is 272 g/mol. The van der Waals surface area contributed by atoms with Gasteiger partial charge in [-0.05, 0) is 19.3 Å². The summed E-state index contributed by atoms with van der Waals surface area (Å²) in [5.74, 6) is 0.688. The van der Waals surface area contributed by atoms with Crippen LogP contribution in [0.3, 0.4) is 0 Å². The Morgan fingerprint density at radius 1 is 1.43 bits per heavy atom. The van der Waals surface area contributed by atoms with Gasteiger partial charge >= 0.3 is 5.97 Å². The zero-order valence-electron chi connectivity index (χ0n) is 12.8. The van der Waals surface area contributed by atoms with Crippen molar-refractivity contribution in [1.82, 2.24) is 29.8 Å². The number of rotatable bonds is 6. The second kappa shape index (κ2) is 6.47. The first-order chi connectivity index (χ1) is 10.0. The molecule has 114 valence electrons. The topological polar surface area (TPSA) is 87.7 Å². The lowest BCUT2D eigenvalue weighted by molar-refractivity contribution is 0.0517. The highest BCUT2D eigenvalue weighted by Crippen LogP contribution is 2.14. The standard InChI is InChI=1S/C13H20N6O2/c1-5-21-13(20)12-10(6-9(2)3)19(17-16-12)7-11-14-8-15-18(11)4/h8-9H,5-7H2,1-4H3. The molecule has 0 spiro atoms. The van der Waals surface area contributed by atoms with Crippen molar-refractivity contribution in [3.63, 3.8) is 0 Å². The van der Waals surface area contributed by atoms with Gasteiger partial charge in [0.15, 0.2) is 5.69 Å². The van der Waals surface area contributed by atoms with E-state index < -0.39 is 5.97 Å². The van der Waals surface area contributed by atoms with Crippen LogP contribution in [0.2, 0.25) is 0 Å². The summed E-state index contributed by atoms with van der Waals surface area (Å²) < 4.78 is 8.40. The van der Waals surface area contributed by atoms with Crippen molar-refractivity contribution in [2.75, 3.05) is 6.61 Å². The van der Waals surface area contributed by atoms with Gasteiger partial charge in [0.25, 0.3) is 0 Å². The van der Waals surface area contributed by atoms with Gasteiger partial charge in [-0.1, -0.05) is 19.1 Å². The lowest BCUT2D eigenvalue weighted by Crippen LogP contribution is -2.15. The third-order valence-corrected chi connectivity index (χ3v) is 3.00. The summed E-state index contributed by atoms with van der Waals surface area (Å²) in [7, 11) is 1.81. The zero-order chi connectivity index (χ0) is 15.4. The fourth-order valence-corrected chi connectivity index (χ4v) is 2.00. The maximum Gasteiger partial charge on any atom is 0.360 e. The number of hydrogen-bond acceptors (Lipinski definition) is 6. The number of ether oxygens (including phenoxy) is 1. The summed E-state index contributed by atoms with van der Waals surface area (Å²) in [4.78, 5) is 16.1. The molecule has 0 aliphatic heterocycles. The van der Waals surface area contributed by atoms with Crippen LogP contribution < -0.4 is 0 Å². The highest BCUT2D eigenvalue weighted by molar-refractivity contribution is 5.88. The Hall–Kier alpha value is -2.25. The molecule has 2 aromatic rings. The van der Waals surface area contributed by atoms with Gasteiger partial charge in [0.1, 0.15) is 18.7 Å². The van der Waals surface area contributed by atoms with E-state index in [1.54, 1.807) is 16.3 Å². The van der Waals surface area contributed by atoms with Gasteiger partial charge < -0.3 is 4.74 Å². The summed E-state index contributed by atoms with van der Waals surface area (Å²) in [5, 5.41) is 12.1. The van der Waals surface area contributed by atoms with Gasteiger partial charge in [-0.3, -0.25) is 4.68 Å². The average Bonchev–Trinajstić information content (AvgIpc) is 2.98. The Bertz CT molecular complexity index is 616. The number of carbonyl (C=O) groups excluding carboxylic acids is 1. The predicted octanol–water partition coefficient (Wildman–Crippen LogP) is 0.830. The molecule has 0 aliphatic carbocycles. The minimum absolute atomic E-state index is 0.285. The van der Waals surface area contributed by atoms with Gasteiger partial charge in [0.05, 0.1) is 12.3 Å². The van der Waals surface area contributed by atoms with E-state index in [0.29, 0.717) is 25.5 Å². The summed E-state index contributed by atoms with van der Waals surface area (Å²) >= 11 is 0. The maximum atomic E-state index is 12.0. The quantitative estimate of drug-likeness (QED) is 0.733. The van der Waals surface area contributed by atoms with Crippen molar-refractivity contribution >= 4 is 5.97 Å². The van der Waals surface area contributed by atoms with Crippen LogP contribution in [0.15, 0.2) is 6.33 Å². The Morgan fingerprint density at radius 2 is 2.19 bits per heavy atom. The first kappa shape index (κ1) is 15.1. The molecule has 0 saturated heterocycles. The Balaban J connectivity index is 2.32. The minimum atomic E-state index is -0.433. The number of carbonyl (C=O) groups is 1. The van der Waals surface area contributed by atoms with E-state index in [2.05, 4.69) is 34.2 Å². The van der Waals surface area contributed by atoms with Crippen molar-refractivity contribution < 1.29 is 9.53 Å². The number of aryl methyl sites for hydroxylation is 1. The molecule has 0 aromatic carbocycles. The fraction of sp³-hybridized carbons (Fsp3) is 0.615. The predicted molar refractivity (Wildman–Crippen MR) is 74.6 cm³/mol. The summed E-state index contributed by atoms with van der Waals surface area (Å²) in [5.41, 5.74) is 1.05. The first-order valence-electron chi connectivity index (χ1n) is 6.95. The third kappa shape index (κ3) is 3.45. The van der Waals surface area contributed by atoms with E-state index >= 15 is 0 Å². The maximum absolute atomic E-state index is 12.0. The molecule has 0 unspecified atom stereocenters. The van der Waals surface area contributed by atoms with Crippen molar-refractivity contribution in [3.05, 3.63) is 23.5 Å². The smallest absolute Gasteiger partial charge is 0.360 e. The molecule has 2 heterocycles. The van der Waals surface area contributed by atoms with Crippen LogP contribution in [0, 0.1) is 5.92 Å². The van der Waals surface area contributed by atoms with Gasteiger partial charge in [-0.25, -0.2) is 14.5 Å². The summed E-state index contributed by atoms with van der Waals surface area (Å²) in [6, 6.07) is 0. The molecule has 0 radical (unpaired) electrons. The Labute approximate surface area is 123 Å². The highest BCUT2D eigenvalue weighted by atomic mass is 16.5. The molecule has 8 nitrogen and oxygen atoms in total. The molecule has 21 heavy (non-hydrogen) atoms. The lowest BCUT2D eigenvalue weighted by Gasteiger charge is -2.09. The largest absolute Gasteiger partial charge is 0.461 e. The van der Waals surface area contributed by atoms with Crippen LogP contribution in [0.1, 0.15) is 42.8 Å². The second-order valence-electron chi connectivity index (χ2n) is 5.16. The molecule has 2 aromatic heterocycles. The Kier molecular flexibility index (Phi) is 4.66. The van der Waals surface area contributed by atoms with Gasteiger partial charge in [-0.15, -0.1) is 5.10 Å². The normalized spacial score (nSPS) is 11.1. The van der Waals surface area contributed by atoms with Gasteiger partial charge in [0, 0.05) is 7.05 Å². The fourth-order valence-electron chi connectivity index (χ4n) is 2.00. The number of aromatic nitrogens is 6. The molecule has 0 saturated carbocycles. The molecule has 2 rings (SSSR count). The number of nitrogens with zero attached hydrogens (tertiary/aromatic N) is 6. The number of hydrogen-bond donors (Lipinski definition) is 0. The van der Waals surface area contributed by atoms with Crippen LogP contribution >= 0.6 is 0 Å². The van der Waals surface area contributed by atoms with Gasteiger partial charge in [0.2, 0.25) is 0 Å². The SMILES string of the molecule is CCOC(=O)c1nnn(Cc2ncnn2C)c1CC(C)C. The monoisotopic (exact) mass is 292 g/mol. The molecule has 0 amide bonds. The van der Waals surface area contributed by atoms with Crippen molar-refractivity contribution in [2.24, 2.45) is 13.0 Å². The zero-order valence-corrected chi connectivity index (χ0v) is 12.8. The van der Waals surface area contributed by atoms with E-state index in [-0.39, 0.29) is 5.69 Å². The van der Waals surface area contributed by atoms with Crippen molar-refractivity contribution in [2.45, 2.75) is 33.7 Å². The minimum Gasteiger partial charge on any atom is -0.461 e. The first-order valence-corrected chi connectivity index (χ1v) is 6.95. The molecule has 0 aliphatic rings. The Morgan fingerprint density at radius 3 is 2.76 bits per heavy atom. The molecule has 0 fully saturated rings. The summed E-state index contributed by atoms with van der Waals surface area (Å²) in [6.45, 7) is 6.66. The lowest BCUT2D eigenvalue weighted by atomic mass is 10.1. The van der Waals surface area contributed by atoms with E-state index in [0.717, 1.165) is 11.5 Å². The molecule has 0 bridgehead atoms.